The lowest BCUT2D eigenvalue weighted by atomic mass is 9.94. The Bertz CT molecular complexity index is 942. The number of hydrogen-bond acceptors (Lipinski definition) is 5. The number of nitrogens with one attached hydrogen (secondary N) is 1. The predicted octanol–water partition coefficient (Wildman–Crippen LogP) is 5.85. The van der Waals surface area contributed by atoms with Crippen molar-refractivity contribution < 1.29 is 24.2 Å². The maximum atomic E-state index is 12.4. The lowest BCUT2D eigenvalue weighted by Gasteiger charge is -2.24. The van der Waals surface area contributed by atoms with Gasteiger partial charge in [0.05, 0.1) is 19.1 Å². The van der Waals surface area contributed by atoms with Crippen LogP contribution in [0.5, 0.6) is 5.75 Å². The van der Waals surface area contributed by atoms with E-state index in [0.717, 1.165) is 11.1 Å². The van der Waals surface area contributed by atoms with E-state index in [9.17, 15) is 14.7 Å². The van der Waals surface area contributed by atoms with Gasteiger partial charge in [-0.25, -0.2) is 4.79 Å². The van der Waals surface area contributed by atoms with Gasteiger partial charge in [0.2, 0.25) is 0 Å². The van der Waals surface area contributed by atoms with Crippen molar-refractivity contribution in [1.29, 1.82) is 0 Å². The lowest BCUT2D eigenvalue weighted by molar-refractivity contribution is -0.143. The number of carbonyl (C=O) groups is 2. The summed E-state index contributed by atoms with van der Waals surface area (Å²) in [5.41, 5.74) is 3.05. The van der Waals surface area contributed by atoms with Gasteiger partial charge in [-0.15, -0.1) is 0 Å². The summed E-state index contributed by atoms with van der Waals surface area (Å²) in [5, 5.41) is 13.6. The van der Waals surface area contributed by atoms with E-state index in [1.807, 2.05) is 19.9 Å². The fraction of sp³-hybridized carbons (Fsp3) is 0.417. The maximum Gasteiger partial charge on any atom is 0.408 e. The van der Waals surface area contributed by atoms with Crippen molar-refractivity contribution in [1.82, 2.24) is 5.32 Å². The minimum absolute atomic E-state index is 0.116. The van der Waals surface area contributed by atoms with Gasteiger partial charge in [-0.2, -0.15) is 0 Å². The molecule has 0 heterocycles. The van der Waals surface area contributed by atoms with Gasteiger partial charge in [-0.1, -0.05) is 23.7 Å². The van der Waals surface area contributed by atoms with Crippen LogP contribution < -0.4 is 5.32 Å². The predicted molar refractivity (Wildman–Crippen MR) is 121 cm³/mol. The van der Waals surface area contributed by atoms with Crippen LogP contribution in [0.1, 0.15) is 56.8 Å². The Balaban J connectivity index is 2.48. The van der Waals surface area contributed by atoms with Gasteiger partial charge in [0.25, 0.3) is 0 Å². The summed E-state index contributed by atoms with van der Waals surface area (Å²) >= 11 is 6.45. The molecule has 0 fully saturated rings. The third kappa shape index (κ3) is 6.89. The lowest BCUT2D eigenvalue weighted by Crippen LogP contribution is -2.36. The van der Waals surface area contributed by atoms with Crippen molar-refractivity contribution in [2.45, 2.75) is 59.6 Å². The third-order valence-corrected chi connectivity index (χ3v) is 4.83. The Labute approximate surface area is 188 Å². The maximum absolute atomic E-state index is 12.4. The number of phenolic OH excluding ortho intramolecular Hbond substituents is 1. The van der Waals surface area contributed by atoms with Crippen molar-refractivity contribution in [3.63, 3.8) is 0 Å². The van der Waals surface area contributed by atoms with Gasteiger partial charge in [0.1, 0.15) is 11.4 Å². The van der Waals surface area contributed by atoms with Crippen LogP contribution in [0.25, 0.3) is 11.1 Å². The van der Waals surface area contributed by atoms with E-state index in [2.05, 4.69) is 5.32 Å². The van der Waals surface area contributed by atoms with Crippen LogP contribution in [0, 0.1) is 13.8 Å². The normalized spacial score (nSPS) is 12.2. The van der Waals surface area contributed by atoms with Gasteiger partial charge in [0.15, 0.2) is 0 Å². The number of amides is 1. The van der Waals surface area contributed by atoms with Crippen molar-refractivity contribution in [2.24, 2.45) is 0 Å². The summed E-state index contributed by atoms with van der Waals surface area (Å²) < 4.78 is 10.4. The molecule has 0 aromatic heterocycles. The molecular formula is C24H30ClNO5. The summed E-state index contributed by atoms with van der Waals surface area (Å²) in [6, 6.07) is 8.12. The number of halogens is 1. The number of carbonyl (C=O) groups excluding carboxylic acids is 2. The minimum Gasteiger partial charge on any atom is -0.507 e. The molecule has 0 unspecified atom stereocenters. The number of ether oxygens (including phenoxy) is 2. The number of alkyl carbamates (subject to hydrolysis) is 1. The van der Waals surface area contributed by atoms with Crippen LogP contribution in [0.3, 0.4) is 0 Å². The number of rotatable bonds is 6. The van der Waals surface area contributed by atoms with Gasteiger partial charge >= 0.3 is 12.1 Å². The standard InChI is InChI=1S/C24H30ClNO5/c1-7-30-21(28)13-19(26-23(29)31-24(4,5)6)17-12-16(8-9-18(17)25)22-15(3)10-14(2)11-20(22)27/h8-12,19,27H,7,13H2,1-6H3,(H,26,29)/t19-/m0/s1. The molecule has 2 rings (SSSR count). The Hall–Kier alpha value is -2.73. The second-order valence-electron chi connectivity index (χ2n) is 8.42. The highest BCUT2D eigenvalue weighted by atomic mass is 35.5. The Morgan fingerprint density at radius 2 is 1.84 bits per heavy atom. The zero-order chi connectivity index (χ0) is 23.3. The van der Waals surface area contributed by atoms with Crippen LogP contribution in [0.2, 0.25) is 5.02 Å². The molecule has 2 aromatic rings. The molecule has 0 aliphatic carbocycles. The third-order valence-electron chi connectivity index (χ3n) is 4.49. The summed E-state index contributed by atoms with van der Waals surface area (Å²) in [6.45, 7) is 11.0. The first-order valence-corrected chi connectivity index (χ1v) is 10.5. The molecule has 0 radical (unpaired) electrons. The molecule has 31 heavy (non-hydrogen) atoms. The molecule has 0 spiro atoms. The first kappa shape index (κ1) is 24.5. The van der Waals surface area contributed by atoms with Crippen LogP contribution in [0.15, 0.2) is 30.3 Å². The van der Waals surface area contributed by atoms with E-state index in [0.29, 0.717) is 21.7 Å². The highest BCUT2D eigenvalue weighted by molar-refractivity contribution is 6.31. The molecule has 2 N–H and O–H groups in total. The van der Waals surface area contributed by atoms with Crippen molar-refractivity contribution >= 4 is 23.7 Å². The second-order valence-corrected chi connectivity index (χ2v) is 8.83. The fourth-order valence-corrected chi connectivity index (χ4v) is 3.61. The summed E-state index contributed by atoms with van der Waals surface area (Å²) in [5.74, 6) is -0.327. The summed E-state index contributed by atoms with van der Waals surface area (Å²) in [6.07, 6.45) is -0.785. The number of phenols is 1. The molecule has 2 aromatic carbocycles. The number of aryl methyl sites for hydroxylation is 2. The van der Waals surface area contributed by atoms with Crippen molar-refractivity contribution in [3.8, 4) is 16.9 Å². The van der Waals surface area contributed by atoms with Crippen LogP contribution >= 0.6 is 11.6 Å². The Kier molecular flexibility index (Phi) is 7.96. The molecule has 0 aliphatic heterocycles. The molecule has 168 valence electrons. The Morgan fingerprint density at radius 1 is 1.16 bits per heavy atom. The van der Waals surface area contributed by atoms with Crippen molar-refractivity contribution in [2.75, 3.05) is 6.61 Å². The van der Waals surface area contributed by atoms with E-state index < -0.39 is 23.7 Å². The zero-order valence-corrected chi connectivity index (χ0v) is 19.6. The van der Waals surface area contributed by atoms with Gasteiger partial charge in [0, 0.05) is 10.6 Å². The highest BCUT2D eigenvalue weighted by Crippen LogP contribution is 2.37. The highest BCUT2D eigenvalue weighted by Gasteiger charge is 2.25. The van der Waals surface area contributed by atoms with Crippen LogP contribution in [-0.2, 0) is 14.3 Å². The first-order chi connectivity index (χ1) is 14.4. The molecule has 0 saturated heterocycles. The fourth-order valence-electron chi connectivity index (χ4n) is 3.36. The minimum atomic E-state index is -0.769. The summed E-state index contributed by atoms with van der Waals surface area (Å²) in [7, 11) is 0. The van der Waals surface area contributed by atoms with Gasteiger partial charge < -0.3 is 19.9 Å². The van der Waals surface area contributed by atoms with E-state index in [1.54, 1.807) is 52.0 Å². The van der Waals surface area contributed by atoms with Gasteiger partial charge in [-0.3, -0.25) is 4.79 Å². The number of hydrogen-bond donors (Lipinski definition) is 2. The zero-order valence-electron chi connectivity index (χ0n) is 18.8. The average Bonchev–Trinajstić information content (AvgIpc) is 2.60. The van der Waals surface area contributed by atoms with Crippen molar-refractivity contribution in [3.05, 3.63) is 52.0 Å². The molecule has 1 amide bonds. The monoisotopic (exact) mass is 447 g/mol. The first-order valence-electron chi connectivity index (χ1n) is 10.2. The van der Waals surface area contributed by atoms with E-state index in [4.69, 9.17) is 21.1 Å². The van der Waals surface area contributed by atoms with E-state index in [-0.39, 0.29) is 18.8 Å². The molecule has 0 saturated carbocycles. The quantitative estimate of drug-likeness (QED) is 0.542. The number of aromatic hydroxyl groups is 1. The number of esters is 1. The summed E-state index contributed by atoms with van der Waals surface area (Å²) in [4.78, 5) is 24.6. The molecule has 6 nitrogen and oxygen atoms in total. The van der Waals surface area contributed by atoms with E-state index >= 15 is 0 Å². The van der Waals surface area contributed by atoms with E-state index in [1.165, 1.54) is 0 Å². The molecule has 0 bridgehead atoms. The SMILES string of the molecule is CCOC(=O)C[C@H](NC(=O)OC(C)(C)C)c1cc(-c2c(C)cc(C)cc2O)ccc1Cl. The smallest absolute Gasteiger partial charge is 0.408 e. The largest absolute Gasteiger partial charge is 0.507 e. The molecule has 0 aliphatic rings. The number of benzene rings is 2. The van der Waals surface area contributed by atoms with Gasteiger partial charge in [-0.05, 0) is 82.0 Å². The van der Waals surface area contributed by atoms with Crippen LogP contribution in [-0.4, -0.2) is 29.4 Å². The molecular weight excluding hydrogens is 418 g/mol. The topological polar surface area (TPSA) is 84.9 Å². The second kappa shape index (κ2) is 10.1. The van der Waals surface area contributed by atoms with Crippen LogP contribution in [0.4, 0.5) is 4.79 Å². The Morgan fingerprint density at radius 3 is 2.42 bits per heavy atom. The molecule has 7 heteroatoms. The molecule has 1 atom stereocenters. The average molecular weight is 448 g/mol.